The number of nitrogens with zero attached hydrogens (tertiary/aromatic N) is 2. The number of para-hydroxylation sites is 1. The van der Waals surface area contributed by atoms with Gasteiger partial charge in [-0.05, 0) is 30.2 Å². The maximum absolute atomic E-state index is 13.1. The number of hydrogen-bond donors (Lipinski definition) is 0. The first-order valence-electron chi connectivity index (χ1n) is 8.12. The van der Waals surface area contributed by atoms with E-state index in [9.17, 15) is 8.42 Å². The minimum absolute atomic E-state index is 0.0181. The van der Waals surface area contributed by atoms with Crippen molar-refractivity contribution in [1.29, 1.82) is 0 Å². The van der Waals surface area contributed by atoms with Crippen LogP contribution in [0.1, 0.15) is 11.1 Å². The van der Waals surface area contributed by atoms with Gasteiger partial charge >= 0.3 is 0 Å². The third-order valence-corrected chi connectivity index (χ3v) is 6.42. The lowest BCUT2D eigenvalue weighted by atomic mass is 10.1. The molecule has 0 saturated carbocycles. The van der Waals surface area contributed by atoms with Gasteiger partial charge in [-0.2, -0.15) is 0 Å². The van der Waals surface area contributed by atoms with E-state index >= 15 is 0 Å². The molecular formula is C18H20N2O3S. The highest BCUT2D eigenvalue weighted by molar-refractivity contribution is 7.92. The van der Waals surface area contributed by atoms with Gasteiger partial charge in [-0.15, -0.1) is 0 Å². The molecule has 2 aliphatic rings. The molecule has 2 aromatic carbocycles. The van der Waals surface area contributed by atoms with E-state index in [1.54, 1.807) is 4.31 Å². The summed E-state index contributed by atoms with van der Waals surface area (Å²) >= 11 is 0. The molecule has 5 nitrogen and oxygen atoms in total. The van der Waals surface area contributed by atoms with Crippen molar-refractivity contribution in [1.82, 2.24) is 0 Å². The topological polar surface area (TPSA) is 49.9 Å². The highest BCUT2D eigenvalue weighted by Crippen LogP contribution is 2.43. The van der Waals surface area contributed by atoms with Crippen LogP contribution in [0.2, 0.25) is 0 Å². The Balaban J connectivity index is 1.73. The maximum atomic E-state index is 13.1. The van der Waals surface area contributed by atoms with Crippen LogP contribution in [0.25, 0.3) is 0 Å². The molecule has 0 aliphatic carbocycles. The molecule has 0 bridgehead atoms. The minimum Gasteiger partial charge on any atom is -0.489 e. The summed E-state index contributed by atoms with van der Waals surface area (Å²) in [5, 5.41) is 0. The van der Waals surface area contributed by atoms with Crippen LogP contribution in [-0.4, -0.2) is 34.7 Å². The second-order valence-electron chi connectivity index (χ2n) is 6.21. The largest absolute Gasteiger partial charge is 0.489 e. The molecule has 0 aromatic heterocycles. The van der Waals surface area contributed by atoms with Gasteiger partial charge in [0, 0.05) is 6.54 Å². The average Bonchev–Trinajstić information content (AvgIpc) is 2.57. The Morgan fingerprint density at radius 2 is 1.88 bits per heavy atom. The van der Waals surface area contributed by atoms with Crippen LogP contribution in [0, 0.1) is 6.92 Å². The molecule has 2 heterocycles. The average molecular weight is 344 g/mol. The van der Waals surface area contributed by atoms with Crippen molar-refractivity contribution in [3.05, 3.63) is 53.6 Å². The Morgan fingerprint density at radius 3 is 2.71 bits per heavy atom. The monoisotopic (exact) mass is 344 g/mol. The molecule has 6 heteroatoms. The molecule has 4 rings (SSSR count). The molecule has 0 fully saturated rings. The summed E-state index contributed by atoms with van der Waals surface area (Å²) in [4.78, 5) is 2.22. The summed E-state index contributed by atoms with van der Waals surface area (Å²) in [6, 6.07) is 13.3. The van der Waals surface area contributed by atoms with Crippen molar-refractivity contribution >= 4 is 21.4 Å². The second kappa shape index (κ2) is 5.70. The van der Waals surface area contributed by atoms with Gasteiger partial charge in [0.25, 0.3) is 0 Å². The third kappa shape index (κ3) is 2.51. The zero-order valence-corrected chi connectivity index (χ0v) is 14.4. The first-order valence-corrected chi connectivity index (χ1v) is 9.73. The number of aryl methyl sites for hydroxylation is 1. The zero-order valence-electron chi connectivity index (χ0n) is 13.6. The molecule has 0 radical (unpaired) electrons. The summed E-state index contributed by atoms with van der Waals surface area (Å²) in [6.45, 7) is 4.56. The van der Waals surface area contributed by atoms with Crippen LogP contribution in [-0.2, 0) is 15.8 Å². The van der Waals surface area contributed by atoms with Crippen molar-refractivity contribution < 1.29 is 13.2 Å². The van der Waals surface area contributed by atoms with Crippen molar-refractivity contribution in [2.24, 2.45) is 0 Å². The van der Waals surface area contributed by atoms with Crippen LogP contribution in [0.3, 0.4) is 0 Å². The summed E-state index contributed by atoms with van der Waals surface area (Å²) in [5.41, 5.74) is 3.48. The molecule has 126 valence electrons. The molecule has 0 atom stereocenters. The Bertz CT molecular complexity index is 880. The van der Waals surface area contributed by atoms with Crippen LogP contribution >= 0.6 is 0 Å². The molecule has 0 saturated heterocycles. The van der Waals surface area contributed by atoms with E-state index in [1.807, 2.05) is 49.4 Å². The molecular weight excluding hydrogens is 324 g/mol. The second-order valence-corrected chi connectivity index (χ2v) is 8.11. The fraction of sp³-hybridized carbons (Fsp3) is 0.333. The Kier molecular flexibility index (Phi) is 3.64. The van der Waals surface area contributed by atoms with E-state index in [0.717, 1.165) is 34.8 Å². The van der Waals surface area contributed by atoms with Gasteiger partial charge in [0.15, 0.2) is 0 Å². The molecule has 0 spiro atoms. The van der Waals surface area contributed by atoms with Gasteiger partial charge < -0.3 is 9.64 Å². The number of rotatable bonds is 3. The number of anilines is 2. The lowest BCUT2D eigenvalue weighted by molar-refractivity contribution is 0.307. The van der Waals surface area contributed by atoms with Crippen LogP contribution in [0.5, 0.6) is 5.75 Å². The van der Waals surface area contributed by atoms with Gasteiger partial charge in [-0.3, -0.25) is 4.31 Å². The first kappa shape index (κ1) is 15.3. The van der Waals surface area contributed by atoms with Crippen molar-refractivity contribution in [3.8, 4) is 5.75 Å². The Hall–Kier alpha value is -2.21. The van der Waals surface area contributed by atoms with E-state index in [2.05, 4.69) is 4.90 Å². The lowest BCUT2D eigenvalue weighted by Crippen LogP contribution is -2.47. The van der Waals surface area contributed by atoms with E-state index in [-0.39, 0.29) is 5.75 Å². The van der Waals surface area contributed by atoms with Crippen LogP contribution in [0.4, 0.5) is 11.4 Å². The fourth-order valence-electron chi connectivity index (χ4n) is 3.41. The molecule has 2 aromatic rings. The van der Waals surface area contributed by atoms with E-state index in [0.29, 0.717) is 19.7 Å². The van der Waals surface area contributed by atoms with E-state index in [1.165, 1.54) is 0 Å². The van der Waals surface area contributed by atoms with Gasteiger partial charge in [-0.25, -0.2) is 8.42 Å². The third-order valence-electron chi connectivity index (χ3n) is 4.69. The Labute approximate surface area is 142 Å². The van der Waals surface area contributed by atoms with Crippen molar-refractivity contribution in [2.75, 3.05) is 35.4 Å². The van der Waals surface area contributed by atoms with Crippen molar-refractivity contribution in [2.45, 2.75) is 12.7 Å². The summed E-state index contributed by atoms with van der Waals surface area (Å²) in [5.74, 6) is 0.791. The smallest absolute Gasteiger partial charge is 0.239 e. The predicted octanol–water partition coefficient (Wildman–Crippen LogP) is 2.54. The van der Waals surface area contributed by atoms with Crippen molar-refractivity contribution in [3.63, 3.8) is 0 Å². The molecule has 0 unspecified atom stereocenters. The summed E-state index contributed by atoms with van der Waals surface area (Å²) in [6.07, 6.45) is 0. The van der Waals surface area contributed by atoms with E-state index < -0.39 is 10.0 Å². The normalized spacial score (nSPS) is 16.5. The summed E-state index contributed by atoms with van der Waals surface area (Å²) < 4.78 is 33.4. The molecule has 0 amide bonds. The lowest BCUT2D eigenvalue weighted by Gasteiger charge is -2.41. The van der Waals surface area contributed by atoms with Crippen LogP contribution < -0.4 is 13.9 Å². The highest BCUT2D eigenvalue weighted by atomic mass is 32.2. The standard InChI is InChI=1S/C18H20N2O3S/c1-14-5-2-3-6-15(14)13-24(21,22)20-10-9-19-11-12-23-17-8-4-7-16(20)18(17)19/h2-8H,9-13H2,1H3. The first-order chi connectivity index (χ1) is 11.6. The number of ether oxygens (including phenoxy) is 1. The maximum Gasteiger partial charge on any atom is 0.239 e. The summed E-state index contributed by atoms with van der Waals surface area (Å²) in [7, 11) is -3.45. The molecule has 0 N–H and O–H groups in total. The predicted molar refractivity (Wildman–Crippen MR) is 95.3 cm³/mol. The van der Waals surface area contributed by atoms with Gasteiger partial charge in [0.2, 0.25) is 10.0 Å². The minimum atomic E-state index is -3.45. The highest BCUT2D eigenvalue weighted by Gasteiger charge is 2.34. The zero-order chi connectivity index (χ0) is 16.7. The van der Waals surface area contributed by atoms with E-state index in [4.69, 9.17) is 4.74 Å². The number of sulfonamides is 1. The van der Waals surface area contributed by atoms with Gasteiger partial charge in [-0.1, -0.05) is 30.3 Å². The SMILES string of the molecule is Cc1ccccc1CS(=O)(=O)N1CCN2CCOc3cccc1c32. The molecule has 24 heavy (non-hydrogen) atoms. The molecule has 2 aliphatic heterocycles. The van der Waals surface area contributed by atoms with Gasteiger partial charge in [0.1, 0.15) is 18.0 Å². The quantitative estimate of drug-likeness (QED) is 0.859. The Morgan fingerprint density at radius 1 is 1.04 bits per heavy atom. The van der Waals surface area contributed by atoms with Crippen LogP contribution in [0.15, 0.2) is 42.5 Å². The fourth-order valence-corrected chi connectivity index (χ4v) is 5.09. The number of hydrogen-bond acceptors (Lipinski definition) is 4. The number of benzene rings is 2. The van der Waals surface area contributed by atoms with Gasteiger partial charge in [0.05, 0.1) is 24.5 Å².